The van der Waals surface area contributed by atoms with Gasteiger partial charge in [-0.1, -0.05) is 182 Å². The van der Waals surface area contributed by atoms with Crippen molar-refractivity contribution in [2.45, 2.75) is 5.41 Å². The van der Waals surface area contributed by atoms with Gasteiger partial charge in [-0.15, -0.1) is 0 Å². The molecular formula is C55H34N2. The summed E-state index contributed by atoms with van der Waals surface area (Å²) in [5, 5.41) is 7.69. The van der Waals surface area contributed by atoms with Gasteiger partial charge < -0.3 is 0 Å². The van der Waals surface area contributed by atoms with E-state index in [1.54, 1.807) is 0 Å². The topological polar surface area (TPSA) is 25.8 Å². The van der Waals surface area contributed by atoms with Crippen LogP contribution in [0.3, 0.4) is 0 Å². The van der Waals surface area contributed by atoms with Gasteiger partial charge in [0.1, 0.15) is 0 Å². The third kappa shape index (κ3) is 4.65. The van der Waals surface area contributed by atoms with Crippen molar-refractivity contribution in [2.24, 2.45) is 0 Å². The molecule has 0 N–H and O–H groups in total. The zero-order chi connectivity index (χ0) is 37.5. The van der Waals surface area contributed by atoms with Gasteiger partial charge in [-0.3, -0.25) is 0 Å². The number of nitrogens with zero attached hydrogens (tertiary/aromatic N) is 2. The lowest BCUT2D eigenvalue weighted by Gasteiger charge is -2.35. The number of benzene rings is 9. The second kappa shape index (κ2) is 12.3. The fraction of sp³-hybridized carbons (Fsp3) is 0.0182. The van der Waals surface area contributed by atoms with Crippen molar-refractivity contribution in [1.29, 1.82) is 0 Å². The summed E-state index contributed by atoms with van der Waals surface area (Å²) in [7, 11) is 0. The summed E-state index contributed by atoms with van der Waals surface area (Å²) in [4.78, 5) is 10.4. The smallest absolute Gasteiger partial charge is 0.160 e. The maximum Gasteiger partial charge on any atom is 0.160 e. The van der Waals surface area contributed by atoms with Crippen molar-refractivity contribution in [3.8, 4) is 45.0 Å². The molecule has 0 amide bonds. The molecular weight excluding hydrogens is 689 g/mol. The van der Waals surface area contributed by atoms with Gasteiger partial charge in [-0.2, -0.15) is 0 Å². The highest BCUT2D eigenvalue weighted by molar-refractivity contribution is 6.26. The highest BCUT2D eigenvalue weighted by Crippen LogP contribution is 2.60. The fourth-order valence-electron chi connectivity index (χ4n) is 9.82. The van der Waals surface area contributed by atoms with Crippen LogP contribution in [0.2, 0.25) is 0 Å². The van der Waals surface area contributed by atoms with Crippen molar-refractivity contribution in [3.63, 3.8) is 0 Å². The lowest BCUT2D eigenvalue weighted by atomic mass is 9.65. The van der Waals surface area contributed by atoms with Crippen molar-refractivity contribution < 1.29 is 0 Å². The van der Waals surface area contributed by atoms with E-state index < -0.39 is 5.41 Å². The lowest BCUT2D eigenvalue weighted by Crippen LogP contribution is -2.30. The predicted molar refractivity (Wildman–Crippen MR) is 237 cm³/mol. The molecule has 2 aliphatic carbocycles. The van der Waals surface area contributed by atoms with Crippen molar-refractivity contribution >= 4 is 44.5 Å². The Balaban J connectivity index is 1.19. The molecule has 0 bridgehead atoms. The molecule has 12 rings (SSSR count). The third-order valence-corrected chi connectivity index (χ3v) is 12.3. The molecule has 0 radical (unpaired) electrons. The number of hydrogen-bond acceptors (Lipinski definition) is 2. The Kier molecular flexibility index (Phi) is 6.88. The average Bonchev–Trinajstić information content (AvgIpc) is 3.48. The minimum Gasteiger partial charge on any atom is -0.228 e. The summed E-state index contributed by atoms with van der Waals surface area (Å²) in [6, 6.07) is 70.7. The molecule has 0 saturated carbocycles. The number of fused-ring (bicyclic) bond motifs is 15. The maximum atomic E-state index is 5.29. The molecule has 1 spiro atoms. The summed E-state index contributed by atoms with van der Waals surface area (Å²) in [5.74, 6) is 0.712. The molecule has 1 heterocycles. The zero-order valence-corrected chi connectivity index (χ0v) is 31.0. The molecule has 1 unspecified atom stereocenters. The highest BCUT2D eigenvalue weighted by Gasteiger charge is 2.48. The van der Waals surface area contributed by atoms with E-state index in [4.69, 9.17) is 9.97 Å². The summed E-state index contributed by atoms with van der Waals surface area (Å²) >= 11 is 0. The minimum absolute atomic E-state index is 0.601. The van der Waals surface area contributed by atoms with Crippen molar-refractivity contribution in [3.05, 3.63) is 228 Å². The average molecular weight is 723 g/mol. The molecule has 2 nitrogen and oxygen atoms in total. The highest BCUT2D eigenvalue weighted by atomic mass is 14.9. The molecule has 264 valence electrons. The second-order valence-electron chi connectivity index (χ2n) is 15.2. The Morgan fingerprint density at radius 2 is 0.825 bits per heavy atom. The summed E-state index contributed by atoms with van der Waals surface area (Å²) in [6.45, 7) is 0. The van der Waals surface area contributed by atoms with Gasteiger partial charge >= 0.3 is 0 Å². The standard InChI is InChI=1S/C55H34N2/c1-3-16-37(17-4-1)52-34-53(57-54(56-52)38-18-5-2-6-19-38)39-30-29-36-28-27-35-15-7-13-25-48(35)55(50(36)31-39)49-26-14-12-24-44(49)47-32-45-42-22-10-8-20-40(42)41-21-9-11-23-43(41)46(45)33-51(47)55/h1-34H. The number of aromatic nitrogens is 2. The third-order valence-electron chi connectivity index (χ3n) is 12.3. The van der Waals surface area contributed by atoms with Crippen LogP contribution in [-0.2, 0) is 5.41 Å². The summed E-state index contributed by atoms with van der Waals surface area (Å²) in [6.07, 6.45) is 4.61. The van der Waals surface area contributed by atoms with Crippen LogP contribution in [0, 0.1) is 0 Å². The second-order valence-corrected chi connectivity index (χ2v) is 15.2. The molecule has 9 aromatic carbocycles. The van der Waals surface area contributed by atoms with Gasteiger partial charge in [0.15, 0.2) is 5.82 Å². The molecule has 0 fully saturated rings. The lowest BCUT2D eigenvalue weighted by molar-refractivity contribution is 0.767. The quantitative estimate of drug-likeness (QED) is 0.170. The van der Waals surface area contributed by atoms with Crippen molar-refractivity contribution in [2.75, 3.05) is 0 Å². The van der Waals surface area contributed by atoms with Gasteiger partial charge in [-0.25, -0.2) is 9.97 Å². The SMILES string of the molecule is C1=Cc2ccc(-c3cc(-c4ccccc4)nc(-c4ccccc4)n3)cc2C2(c3ccccc31)c1ccccc1-c1cc3c4ccccc4c4ccccc4c3cc12. The van der Waals surface area contributed by atoms with E-state index in [2.05, 4.69) is 182 Å². The van der Waals surface area contributed by atoms with Crippen LogP contribution in [-0.4, -0.2) is 9.97 Å². The summed E-state index contributed by atoms with van der Waals surface area (Å²) in [5.41, 5.74) is 14.4. The van der Waals surface area contributed by atoms with Crippen LogP contribution in [0.25, 0.3) is 89.5 Å². The van der Waals surface area contributed by atoms with Crippen LogP contribution in [0.15, 0.2) is 194 Å². The van der Waals surface area contributed by atoms with Crippen LogP contribution < -0.4 is 0 Å². The van der Waals surface area contributed by atoms with Crippen LogP contribution in [0.5, 0.6) is 0 Å². The van der Waals surface area contributed by atoms with E-state index >= 15 is 0 Å². The molecule has 0 saturated heterocycles. The first-order valence-electron chi connectivity index (χ1n) is 19.7. The number of hydrogen-bond donors (Lipinski definition) is 0. The minimum atomic E-state index is -0.601. The Labute approximate surface area is 331 Å². The van der Waals surface area contributed by atoms with E-state index in [0.29, 0.717) is 5.82 Å². The molecule has 10 aromatic rings. The van der Waals surface area contributed by atoms with E-state index in [-0.39, 0.29) is 0 Å². The van der Waals surface area contributed by atoms with Crippen LogP contribution in [0.1, 0.15) is 33.4 Å². The van der Waals surface area contributed by atoms with E-state index in [9.17, 15) is 0 Å². The van der Waals surface area contributed by atoms with E-state index in [1.807, 2.05) is 24.3 Å². The zero-order valence-electron chi connectivity index (χ0n) is 31.0. The normalized spacial score (nSPS) is 15.0. The fourth-order valence-corrected chi connectivity index (χ4v) is 9.82. The first-order valence-corrected chi connectivity index (χ1v) is 19.7. The number of rotatable bonds is 3. The Morgan fingerprint density at radius 3 is 1.53 bits per heavy atom. The Bertz CT molecular complexity index is 3230. The Morgan fingerprint density at radius 1 is 0.298 bits per heavy atom. The van der Waals surface area contributed by atoms with Crippen LogP contribution in [0.4, 0.5) is 0 Å². The first-order chi connectivity index (χ1) is 28.3. The molecule has 57 heavy (non-hydrogen) atoms. The van der Waals surface area contributed by atoms with E-state index in [1.165, 1.54) is 76.8 Å². The molecule has 0 aliphatic heterocycles. The van der Waals surface area contributed by atoms with Gasteiger partial charge in [-0.05, 0) is 101 Å². The summed E-state index contributed by atoms with van der Waals surface area (Å²) < 4.78 is 0. The molecule has 1 aromatic heterocycles. The Hall–Kier alpha value is -7.42. The molecule has 2 heteroatoms. The van der Waals surface area contributed by atoms with E-state index in [0.717, 1.165) is 28.1 Å². The maximum absolute atomic E-state index is 5.29. The monoisotopic (exact) mass is 722 g/mol. The molecule has 1 atom stereocenters. The van der Waals surface area contributed by atoms with Crippen LogP contribution >= 0.6 is 0 Å². The van der Waals surface area contributed by atoms with Gasteiger partial charge in [0, 0.05) is 16.7 Å². The predicted octanol–water partition coefficient (Wildman–Crippen LogP) is 13.8. The van der Waals surface area contributed by atoms with Gasteiger partial charge in [0.05, 0.1) is 16.8 Å². The van der Waals surface area contributed by atoms with Gasteiger partial charge in [0.25, 0.3) is 0 Å². The van der Waals surface area contributed by atoms with Gasteiger partial charge in [0.2, 0.25) is 0 Å². The molecule has 2 aliphatic rings. The first kappa shape index (κ1) is 31.9. The van der Waals surface area contributed by atoms with Crippen molar-refractivity contribution in [1.82, 2.24) is 9.97 Å². The largest absolute Gasteiger partial charge is 0.228 e.